The average molecular weight is 422 g/mol. The highest BCUT2D eigenvalue weighted by Crippen LogP contribution is 2.23. The highest BCUT2D eigenvalue weighted by atomic mass is 32.1. The number of anilines is 2. The molecule has 156 valence electrons. The Hall–Kier alpha value is -2.93. The van der Waals surface area contributed by atoms with Crippen molar-refractivity contribution in [3.8, 4) is 0 Å². The fourth-order valence-corrected chi connectivity index (χ4v) is 4.40. The van der Waals surface area contributed by atoms with Crippen molar-refractivity contribution in [1.29, 1.82) is 0 Å². The molecule has 1 aliphatic rings. The maximum absolute atomic E-state index is 12.7. The quantitative estimate of drug-likeness (QED) is 0.674. The minimum Gasteiger partial charge on any atom is -0.343 e. The zero-order valence-corrected chi connectivity index (χ0v) is 18.4. The van der Waals surface area contributed by atoms with E-state index in [2.05, 4.69) is 52.7 Å². The summed E-state index contributed by atoms with van der Waals surface area (Å²) in [5, 5.41) is 3.95. The van der Waals surface area contributed by atoms with Crippen LogP contribution in [0.2, 0.25) is 0 Å². The number of hydrogen-bond acceptors (Lipinski definition) is 5. The number of aromatic nitrogens is 2. The number of nitrogens with one attached hydrogen (secondary N) is 1. The molecule has 2 amide bonds. The number of hydrogen-bond donors (Lipinski definition) is 1. The molecule has 1 N–H and O–H groups in total. The molecule has 0 bridgehead atoms. The van der Waals surface area contributed by atoms with Gasteiger partial charge in [-0.2, -0.15) is 4.37 Å². The molecule has 1 fully saturated rings. The van der Waals surface area contributed by atoms with Crippen LogP contribution in [0.5, 0.6) is 0 Å². The van der Waals surface area contributed by atoms with E-state index in [0.29, 0.717) is 6.54 Å². The van der Waals surface area contributed by atoms with E-state index in [-0.39, 0.29) is 12.1 Å². The molecular weight excluding hydrogens is 394 g/mol. The summed E-state index contributed by atoms with van der Waals surface area (Å²) in [6.07, 6.45) is 0.741. The molecule has 6 nitrogen and oxygen atoms in total. The van der Waals surface area contributed by atoms with Gasteiger partial charge in [0, 0.05) is 49.3 Å². The average Bonchev–Trinajstić information content (AvgIpc) is 3.18. The van der Waals surface area contributed by atoms with Crippen molar-refractivity contribution in [1.82, 2.24) is 14.3 Å². The fraction of sp³-hybridized carbons (Fsp3) is 0.348. The van der Waals surface area contributed by atoms with Gasteiger partial charge in [-0.3, -0.25) is 0 Å². The van der Waals surface area contributed by atoms with Crippen LogP contribution in [0.4, 0.5) is 15.6 Å². The van der Waals surface area contributed by atoms with Crippen LogP contribution in [-0.2, 0) is 6.42 Å². The Morgan fingerprint density at radius 3 is 2.67 bits per heavy atom. The number of benzene rings is 2. The topological polar surface area (TPSA) is 61.4 Å². The van der Waals surface area contributed by atoms with Gasteiger partial charge in [-0.25, -0.2) is 9.78 Å². The molecule has 0 saturated carbocycles. The van der Waals surface area contributed by atoms with Crippen molar-refractivity contribution in [2.45, 2.75) is 33.2 Å². The molecule has 1 aliphatic heterocycles. The van der Waals surface area contributed by atoms with E-state index in [0.717, 1.165) is 41.7 Å². The molecule has 0 spiro atoms. The number of urea groups is 1. The summed E-state index contributed by atoms with van der Waals surface area (Å²) in [4.78, 5) is 21.6. The lowest BCUT2D eigenvalue weighted by atomic mass is 10.1. The normalized spacial score (nSPS) is 16.6. The van der Waals surface area contributed by atoms with E-state index < -0.39 is 0 Å². The summed E-state index contributed by atoms with van der Waals surface area (Å²) in [7, 11) is 0. The molecule has 4 rings (SSSR count). The molecule has 7 heteroatoms. The number of piperazine rings is 1. The third kappa shape index (κ3) is 4.79. The van der Waals surface area contributed by atoms with Gasteiger partial charge in [0.05, 0.1) is 0 Å². The Balaban J connectivity index is 1.35. The summed E-state index contributed by atoms with van der Waals surface area (Å²) in [5.41, 5.74) is 4.43. The maximum Gasteiger partial charge on any atom is 0.322 e. The SMILES string of the molecule is Cc1ccc(Cc2nsc(N3CCN(C(=O)Nc4cccc(C)c4)[C@H](C)C3)n2)cc1. The molecule has 0 aliphatic carbocycles. The molecule has 2 heterocycles. The first-order valence-electron chi connectivity index (χ1n) is 10.3. The van der Waals surface area contributed by atoms with Crippen molar-refractivity contribution < 1.29 is 4.79 Å². The zero-order valence-electron chi connectivity index (χ0n) is 17.6. The molecular formula is C23H27N5OS. The lowest BCUT2D eigenvalue weighted by Gasteiger charge is -2.39. The van der Waals surface area contributed by atoms with Crippen LogP contribution in [-0.4, -0.2) is 46.0 Å². The molecule has 0 radical (unpaired) electrons. The van der Waals surface area contributed by atoms with Gasteiger partial charge in [-0.15, -0.1) is 0 Å². The van der Waals surface area contributed by atoms with Gasteiger partial charge in [-0.05, 0) is 44.0 Å². The first kappa shape index (κ1) is 20.3. The second kappa shape index (κ2) is 8.83. The smallest absolute Gasteiger partial charge is 0.322 e. The largest absolute Gasteiger partial charge is 0.343 e. The van der Waals surface area contributed by atoms with E-state index in [1.165, 1.54) is 22.7 Å². The van der Waals surface area contributed by atoms with Gasteiger partial charge < -0.3 is 15.1 Å². The van der Waals surface area contributed by atoms with Gasteiger partial charge in [-0.1, -0.05) is 42.0 Å². The molecule has 1 saturated heterocycles. The Labute approximate surface area is 181 Å². The Kier molecular flexibility index (Phi) is 5.99. The molecule has 0 unspecified atom stereocenters. The lowest BCUT2D eigenvalue weighted by molar-refractivity contribution is 0.185. The van der Waals surface area contributed by atoms with Crippen LogP contribution in [0.3, 0.4) is 0 Å². The monoisotopic (exact) mass is 421 g/mol. The Morgan fingerprint density at radius 1 is 1.13 bits per heavy atom. The summed E-state index contributed by atoms with van der Waals surface area (Å²) >= 11 is 1.44. The maximum atomic E-state index is 12.7. The van der Waals surface area contributed by atoms with Crippen molar-refractivity contribution >= 4 is 28.4 Å². The minimum absolute atomic E-state index is 0.0509. The summed E-state index contributed by atoms with van der Waals surface area (Å²) in [5.74, 6) is 0.853. The number of nitrogens with zero attached hydrogens (tertiary/aromatic N) is 4. The molecule has 3 aromatic rings. The zero-order chi connectivity index (χ0) is 21.1. The minimum atomic E-state index is -0.0509. The predicted molar refractivity (Wildman–Crippen MR) is 122 cm³/mol. The summed E-state index contributed by atoms with van der Waals surface area (Å²) < 4.78 is 4.55. The van der Waals surface area contributed by atoms with Crippen LogP contribution in [0.1, 0.15) is 29.4 Å². The number of carbonyl (C=O) groups excluding carboxylic acids is 1. The van der Waals surface area contributed by atoms with Gasteiger partial charge in [0.2, 0.25) is 5.13 Å². The van der Waals surface area contributed by atoms with Crippen LogP contribution in [0, 0.1) is 13.8 Å². The van der Waals surface area contributed by atoms with Gasteiger partial charge >= 0.3 is 6.03 Å². The molecule has 1 atom stereocenters. The Morgan fingerprint density at radius 2 is 1.93 bits per heavy atom. The van der Waals surface area contributed by atoms with Gasteiger partial charge in [0.15, 0.2) is 0 Å². The lowest BCUT2D eigenvalue weighted by Crippen LogP contribution is -2.55. The summed E-state index contributed by atoms with van der Waals surface area (Å²) in [6.45, 7) is 8.35. The van der Waals surface area contributed by atoms with E-state index in [1.54, 1.807) is 0 Å². The van der Waals surface area contributed by atoms with E-state index >= 15 is 0 Å². The summed E-state index contributed by atoms with van der Waals surface area (Å²) in [6, 6.07) is 16.4. The molecule has 1 aromatic heterocycles. The van der Waals surface area contributed by atoms with Crippen molar-refractivity contribution in [2.24, 2.45) is 0 Å². The second-order valence-corrected chi connectivity index (χ2v) is 8.67. The fourth-order valence-electron chi connectivity index (χ4n) is 3.68. The van der Waals surface area contributed by atoms with Crippen molar-refractivity contribution in [3.63, 3.8) is 0 Å². The first-order valence-corrected chi connectivity index (χ1v) is 11.0. The van der Waals surface area contributed by atoms with E-state index in [1.807, 2.05) is 36.1 Å². The highest BCUT2D eigenvalue weighted by molar-refractivity contribution is 7.09. The van der Waals surface area contributed by atoms with E-state index in [4.69, 9.17) is 4.98 Å². The van der Waals surface area contributed by atoms with Gasteiger partial charge in [0.25, 0.3) is 0 Å². The number of amides is 2. The molecule has 2 aromatic carbocycles. The van der Waals surface area contributed by atoms with Crippen LogP contribution < -0.4 is 10.2 Å². The first-order chi connectivity index (χ1) is 14.5. The van der Waals surface area contributed by atoms with Crippen LogP contribution in [0.25, 0.3) is 0 Å². The standard InChI is InChI=1S/C23H27N5OS/c1-16-7-9-19(10-8-16)14-21-25-23(30-26-21)27-11-12-28(18(3)15-27)22(29)24-20-6-4-5-17(2)13-20/h4-10,13,18H,11-12,14-15H2,1-3H3,(H,24,29)/t18-/m1/s1. The number of carbonyl (C=O) groups is 1. The third-order valence-electron chi connectivity index (χ3n) is 5.37. The van der Waals surface area contributed by atoms with Crippen molar-refractivity contribution in [3.05, 3.63) is 71.0 Å². The highest BCUT2D eigenvalue weighted by Gasteiger charge is 2.29. The predicted octanol–water partition coefficient (Wildman–Crippen LogP) is 4.49. The van der Waals surface area contributed by atoms with Crippen LogP contribution >= 0.6 is 11.5 Å². The van der Waals surface area contributed by atoms with E-state index in [9.17, 15) is 4.79 Å². The number of rotatable bonds is 4. The van der Waals surface area contributed by atoms with Gasteiger partial charge in [0.1, 0.15) is 5.82 Å². The number of aryl methyl sites for hydroxylation is 2. The molecule has 30 heavy (non-hydrogen) atoms. The second-order valence-electron chi connectivity index (χ2n) is 7.94. The van der Waals surface area contributed by atoms with Crippen molar-refractivity contribution in [2.75, 3.05) is 29.9 Å². The Bertz CT molecular complexity index is 1020. The third-order valence-corrected chi connectivity index (χ3v) is 6.18. The van der Waals surface area contributed by atoms with Crippen LogP contribution in [0.15, 0.2) is 48.5 Å².